The maximum atomic E-state index is 13.3. The molecule has 0 aromatic heterocycles. The van der Waals surface area contributed by atoms with E-state index in [2.05, 4.69) is 21.2 Å². The highest BCUT2D eigenvalue weighted by molar-refractivity contribution is 9.10. The van der Waals surface area contributed by atoms with Crippen LogP contribution in [-0.4, -0.2) is 31.6 Å². The third-order valence-electron chi connectivity index (χ3n) is 1.95. The summed E-state index contributed by atoms with van der Waals surface area (Å²) in [4.78, 5) is 22.0. The molecule has 0 radical (unpaired) electrons. The van der Waals surface area contributed by atoms with E-state index in [0.29, 0.717) is 4.47 Å². The number of carbonyl (C=O) groups excluding carboxylic acids is 2. The molecule has 3 N–H and O–H groups in total. The van der Waals surface area contributed by atoms with E-state index < -0.39 is 17.6 Å². The summed E-state index contributed by atoms with van der Waals surface area (Å²) in [5, 5.41) is 2.46. The number of carbonyl (C=O) groups is 2. The van der Waals surface area contributed by atoms with Crippen molar-refractivity contribution in [2.24, 2.45) is 5.73 Å². The number of halogens is 2. The van der Waals surface area contributed by atoms with Crippen LogP contribution in [0.15, 0.2) is 22.7 Å². The summed E-state index contributed by atoms with van der Waals surface area (Å²) in [5.41, 5.74) is 4.80. The Balaban J connectivity index is 2.41. The van der Waals surface area contributed by atoms with Crippen LogP contribution < -0.4 is 11.1 Å². The summed E-state index contributed by atoms with van der Waals surface area (Å²) in [7, 11) is 0. The van der Waals surface area contributed by atoms with Gasteiger partial charge in [-0.05, 0) is 18.2 Å². The van der Waals surface area contributed by atoms with Gasteiger partial charge in [-0.2, -0.15) is 0 Å². The molecule has 1 aromatic rings. The smallest absolute Gasteiger partial charge is 0.254 e. The van der Waals surface area contributed by atoms with E-state index in [-0.39, 0.29) is 25.3 Å². The molecule has 0 saturated heterocycles. The Hall–Kier alpha value is -1.47. The van der Waals surface area contributed by atoms with E-state index in [0.717, 1.165) is 0 Å². The number of nitrogens with one attached hydrogen (secondary N) is 1. The van der Waals surface area contributed by atoms with Crippen molar-refractivity contribution in [3.63, 3.8) is 0 Å². The number of nitrogens with two attached hydrogens (primary N) is 1. The first-order valence-electron chi connectivity index (χ1n) is 5.10. The second-order valence-corrected chi connectivity index (χ2v) is 4.31. The average molecular weight is 319 g/mol. The zero-order valence-corrected chi connectivity index (χ0v) is 11.0. The lowest BCUT2D eigenvalue weighted by Gasteiger charge is -2.06. The van der Waals surface area contributed by atoms with Gasteiger partial charge in [0.25, 0.3) is 5.91 Å². The molecule has 1 aromatic carbocycles. The van der Waals surface area contributed by atoms with Crippen molar-refractivity contribution in [2.75, 3.05) is 19.8 Å². The molecule has 0 aliphatic carbocycles. The summed E-state index contributed by atoms with van der Waals surface area (Å²) < 4.78 is 18.8. The Labute approximate surface area is 112 Å². The highest BCUT2D eigenvalue weighted by Crippen LogP contribution is 2.15. The summed E-state index contributed by atoms with van der Waals surface area (Å²) >= 11 is 3.15. The zero-order chi connectivity index (χ0) is 13.5. The van der Waals surface area contributed by atoms with Crippen LogP contribution >= 0.6 is 15.9 Å². The van der Waals surface area contributed by atoms with Gasteiger partial charge in [0, 0.05) is 11.0 Å². The second kappa shape index (κ2) is 7.07. The maximum Gasteiger partial charge on any atom is 0.254 e. The van der Waals surface area contributed by atoms with Crippen LogP contribution in [0.2, 0.25) is 0 Å². The Morgan fingerprint density at radius 3 is 2.83 bits per heavy atom. The number of primary amides is 1. The van der Waals surface area contributed by atoms with Gasteiger partial charge in [0.2, 0.25) is 5.91 Å². The van der Waals surface area contributed by atoms with Gasteiger partial charge in [-0.3, -0.25) is 9.59 Å². The molecule has 5 nitrogen and oxygen atoms in total. The Kier molecular flexibility index (Phi) is 5.73. The van der Waals surface area contributed by atoms with Gasteiger partial charge in [-0.15, -0.1) is 0 Å². The molecule has 0 bridgehead atoms. The molecule has 0 aliphatic rings. The standard InChI is InChI=1S/C11H12BrFN2O3/c12-7-1-2-9(13)8(5-7)11(17)15-3-4-18-6-10(14)16/h1-2,5H,3-4,6H2,(H2,14,16)(H,15,17). The zero-order valence-electron chi connectivity index (χ0n) is 9.41. The lowest BCUT2D eigenvalue weighted by molar-refractivity contribution is -0.122. The largest absolute Gasteiger partial charge is 0.370 e. The Bertz CT molecular complexity index is 454. The minimum absolute atomic E-state index is 0.0562. The molecule has 98 valence electrons. The maximum absolute atomic E-state index is 13.3. The highest BCUT2D eigenvalue weighted by Gasteiger charge is 2.11. The van der Waals surface area contributed by atoms with Crippen molar-refractivity contribution in [1.82, 2.24) is 5.32 Å². The van der Waals surface area contributed by atoms with E-state index in [1.165, 1.54) is 18.2 Å². The average Bonchev–Trinajstić information content (AvgIpc) is 2.31. The molecule has 0 heterocycles. The minimum atomic E-state index is -0.603. The number of hydrogen-bond acceptors (Lipinski definition) is 3. The van der Waals surface area contributed by atoms with Gasteiger partial charge in [-0.25, -0.2) is 4.39 Å². The van der Waals surface area contributed by atoms with E-state index in [4.69, 9.17) is 10.5 Å². The van der Waals surface area contributed by atoms with Crippen molar-refractivity contribution in [3.05, 3.63) is 34.1 Å². The molecular weight excluding hydrogens is 307 g/mol. The van der Waals surface area contributed by atoms with Gasteiger partial charge in [0.1, 0.15) is 12.4 Å². The van der Waals surface area contributed by atoms with Crippen LogP contribution in [0.5, 0.6) is 0 Å². The van der Waals surface area contributed by atoms with Crippen molar-refractivity contribution in [1.29, 1.82) is 0 Å². The first-order chi connectivity index (χ1) is 8.50. The van der Waals surface area contributed by atoms with E-state index in [9.17, 15) is 14.0 Å². The molecule has 0 fully saturated rings. The van der Waals surface area contributed by atoms with E-state index >= 15 is 0 Å². The highest BCUT2D eigenvalue weighted by atomic mass is 79.9. The normalized spacial score (nSPS) is 10.1. The molecule has 7 heteroatoms. The predicted octanol–water partition coefficient (Wildman–Crippen LogP) is 0.820. The monoisotopic (exact) mass is 318 g/mol. The number of ether oxygens (including phenoxy) is 1. The molecule has 0 atom stereocenters. The van der Waals surface area contributed by atoms with Crippen molar-refractivity contribution in [3.8, 4) is 0 Å². The molecule has 0 saturated carbocycles. The SMILES string of the molecule is NC(=O)COCCNC(=O)c1cc(Br)ccc1F. The van der Waals surface area contributed by atoms with Crippen LogP contribution in [0.25, 0.3) is 0 Å². The van der Waals surface area contributed by atoms with Gasteiger partial charge >= 0.3 is 0 Å². The third-order valence-corrected chi connectivity index (χ3v) is 2.44. The fourth-order valence-corrected chi connectivity index (χ4v) is 1.54. The molecule has 1 rings (SSSR count). The fraction of sp³-hybridized carbons (Fsp3) is 0.273. The van der Waals surface area contributed by atoms with Crippen LogP contribution in [0.4, 0.5) is 4.39 Å². The van der Waals surface area contributed by atoms with Crippen molar-refractivity contribution in [2.45, 2.75) is 0 Å². The molecular formula is C11H12BrFN2O3. The summed E-state index contributed by atoms with van der Waals surface area (Å²) in [6.45, 7) is 0.0868. The summed E-state index contributed by atoms with van der Waals surface area (Å²) in [6, 6.07) is 4.08. The van der Waals surface area contributed by atoms with Gasteiger partial charge in [0.15, 0.2) is 0 Å². The molecule has 18 heavy (non-hydrogen) atoms. The molecule has 0 spiro atoms. The Morgan fingerprint density at radius 1 is 1.44 bits per heavy atom. The minimum Gasteiger partial charge on any atom is -0.370 e. The van der Waals surface area contributed by atoms with Crippen molar-refractivity contribution >= 4 is 27.7 Å². The Morgan fingerprint density at radius 2 is 2.17 bits per heavy atom. The topological polar surface area (TPSA) is 81.4 Å². The number of hydrogen-bond donors (Lipinski definition) is 2. The summed E-state index contributed by atoms with van der Waals surface area (Å²) in [6.07, 6.45) is 0. The number of amides is 2. The molecule has 0 unspecified atom stereocenters. The molecule has 2 amide bonds. The quantitative estimate of drug-likeness (QED) is 0.762. The number of benzene rings is 1. The van der Waals surface area contributed by atoms with Gasteiger partial charge in [-0.1, -0.05) is 15.9 Å². The predicted molar refractivity (Wildman–Crippen MR) is 66.4 cm³/mol. The first-order valence-corrected chi connectivity index (χ1v) is 5.89. The third kappa shape index (κ3) is 4.80. The lowest BCUT2D eigenvalue weighted by Crippen LogP contribution is -2.29. The summed E-state index contributed by atoms with van der Waals surface area (Å²) in [5.74, 6) is -1.73. The first kappa shape index (κ1) is 14.6. The van der Waals surface area contributed by atoms with Gasteiger partial charge < -0.3 is 15.8 Å². The second-order valence-electron chi connectivity index (χ2n) is 3.40. The van der Waals surface area contributed by atoms with Crippen LogP contribution in [0.1, 0.15) is 10.4 Å². The van der Waals surface area contributed by atoms with E-state index in [1.54, 1.807) is 0 Å². The van der Waals surface area contributed by atoms with Crippen LogP contribution in [0, 0.1) is 5.82 Å². The van der Waals surface area contributed by atoms with Crippen LogP contribution in [-0.2, 0) is 9.53 Å². The number of rotatable bonds is 6. The lowest BCUT2D eigenvalue weighted by atomic mass is 10.2. The van der Waals surface area contributed by atoms with Crippen LogP contribution in [0.3, 0.4) is 0 Å². The van der Waals surface area contributed by atoms with Gasteiger partial charge in [0.05, 0.1) is 12.2 Å². The van der Waals surface area contributed by atoms with E-state index in [1.807, 2.05) is 0 Å². The molecule has 0 aliphatic heterocycles. The fourth-order valence-electron chi connectivity index (χ4n) is 1.18. The van der Waals surface area contributed by atoms with Crippen molar-refractivity contribution < 1.29 is 18.7 Å².